The second-order valence-electron chi connectivity index (χ2n) is 5.07. The molecule has 136 valence electrons. The molecule has 0 bridgehead atoms. The first kappa shape index (κ1) is 19.3. The van der Waals surface area contributed by atoms with Gasteiger partial charge in [0.2, 0.25) is 0 Å². The summed E-state index contributed by atoms with van der Waals surface area (Å²) in [5.41, 5.74) is 0.228. The largest absolute Gasteiger partial charge is 0.496 e. The number of carbonyl (C=O) groups is 1. The van der Waals surface area contributed by atoms with Gasteiger partial charge in [0.25, 0.3) is 5.69 Å². The maximum Gasteiger partial charge on any atom is 0.280 e. The van der Waals surface area contributed by atoms with Crippen LogP contribution in [-0.2, 0) is 0 Å². The van der Waals surface area contributed by atoms with E-state index >= 15 is 0 Å². The number of carbonyl (C=O) groups excluding carboxylic acids is 1. The highest BCUT2D eigenvalue weighted by atomic mass is 35.5. The number of rotatable bonds is 7. The minimum Gasteiger partial charge on any atom is -0.496 e. The third kappa shape index (κ3) is 4.12. The van der Waals surface area contributed by atoms with Gasteiger partial charge >= 0.3 is 0 Å². The molecule has 2 rings (SSSR count). The van der Waals surface area contributed by atoms with Crippen molar-refractivity contribution in [3.63, 3.8) is 0 Å². The number of halogens is 1. The van der Waals surface area contributed by atoms with Crippen molar-refractivity contribution < 1.29 is 23.9 Å². The molecular weight excluding hydrogens is 362 g/mol. The second-order valence-corrected chi connectivity index (χ2v) is 5.50. The molecule has 0 N–H and O–H groups in total. The SMILES string of the molecule is COc1cc(/C=C/C(=O)c2cc(Cl)ccc2OC)c([N+](=O)[O-])cc1OC. The van der Waals surface area contributed by atoms with E-state index in [1.807, 2.05) is 0 Å². The van der Waals surface area contributed by atoms with E-state index in [4.69, 9.17) is 25.8 Å². The average molecular weight is 378 g/mol. The van der Waals surface area contributed by atoms with Gasteiger partial charge in [0.15, 0.2) is 17.3 Å². The van der Waals surface area contributed by atoms with Crippen LogP contribution in [0.15, 0.2) is 36.4 Å². The maximum atomic E-state index is 12.5. The third-order valence-electron chi connectivity index (χ3n) is 3.57. The van der Waals surface area contributed by atoms with Crippen molar-refractivity contribution in [1.29, 1.82) is 0 Å². The molecule has 0 aromatic heterocycles. The van der Waals surface area contributed by atoms with Crippen LogP contribution in [0.5, 0.6) is 17.2 Å². The lowest BCUT2D eigenvalue weighted by Gasteiger charge is -2.09. The van der Waals surface area contributed by atoms with E-state index in [0.717, 1.165) is 0 Å². The summed E-state index contributed by atoms with van der Waals surface area (Å²) in [5.74, 6) is 0.476. The van der Waals surface area contributed by atoms with Crippen LogP contribution in [0, 0.1) is 10.1 Å². The molecule has 0 saturated carbocycles. The molecule has 0 spiro atoms. The van der Waals surface area contributed by atoms with Crippen LogP contribution >= 0.6 is 11.6 Å². The standard InChI is InChI=1S/C18H16ClNO6/c1-24-16-7-5-12(19)9-13(16)15(21)6-4-11-8-17(25-2)18(26-3)10-14(11)20(22)23/h4-10H,1-3H3/b6-4+. The van der Waals surface area contributed by atoms with Crippen LogP contribution in [0.4, 0.5) is 5.69 Å². The van der Waals surface area contributed by atoms with Crippen molar-refractivity contribution in [1.82, 2.24) is 0 Å². The number of allylic oxidation sites excluding steroid dienone is 1. The Bertz CT molecular complexity index is 878. The first-order valence-electron chi connectivity index (χ1n) is 7.37. The minimum atomic E-state index is -0.563. The van der Waals surface area contributed by atoms with Crippen LogP contribution in [0.3, 0.4) is 0 Å². The highest BCUT2D eigenvalue weighted by Gasteiger charge is 2.18. The molecule has 2 aromatic carbocycles. The predicted molar refractivity (Wildman–Crippen MR) is 97.6 cm³/mol. The molecule has 0 amide bonds. The number of nitro groups is 1. The van der Waals surface area contributed by atoms with E-state index in [9.17, 15) is 14.9 Å². The van der Waals surface area contributed by atoms with Crippen molar-refractivity contribution in [2.24, 2.45) is 0 Å². The van der Waals surface area contributed by atoms with Gasteiger partial charge in [-0.2, -0.15) is 0 Å². The van der Waals surface area contributed by atoms with Crippen LogP contribution in [0.25, 0.3) is 6.08 Å². The summed E-state index contributed by atoms with van der Waals surface area (Å²) in [6.07, 6.45) is 2.55. The van der Waals surface area contributed by atoms with Gasteiger partial charge in [-0.25, -0.2) is 0 Å². The van der Waals surface area contributed by atoms with Crippen LogP contribution < -0.4 is 14.2 Å². The van der Waals surface area contributed by atoms with Crippen LogP contribution in [-0.4, -0.2) is 32.0 Å². The Morgan fingerprint density at radius 3 is 2.23 bits per heavy atom. The zero-order valence-corrected chi connectivity index (χ0v) is 15.1. The smallest absolute Gasteiger partial charge is 0.280 e. The van der Waals surface area contributed by atoms with Crippen LogP contribution in [0.2, 0.25) is 5.02 Å². The normalized spacial score (nSPS) is 10.6. The van der Waals surface area contributed by atoms with Gasteiger partial charge in [0.1, 0.15) is 5.75 Å². The van der Waals surface area contributed by atoms with E-state index in [1.165, 1.54) is 51.7 Å². The highest BCUT2D eigenvalue weighted by Crippen LogP contribution is 2.35. The first-order valence-corrected chi connectivity index (χ1v) is 7.75. The molecule has 0 atom stereocenters. The molecule has 0 fully saturated rings. The summed E-state index contributed by atoms with van der Waals surface area (Å²) < 4.78 is 15.4. The Hall–Kier alpha value is -3.06. The Balaban J connectivity index is 2.45. The Labute approximate surface area is 154 Å². The summed E-state index contributed by atoms with van der Waals surface area (Å²) in [4.78, 5) is 23.2. The van der Waals surface area contributed by atoms with Crippen LogP contribution in [0.1, 0.15) is 15.9 Å². The van der Waals surface area contributed by atoms with Gasteiger partial charge in [-0.05, 0) is 36.4 Å². The fraction of sp³-hybridized carbons (Fsp3) is 0.167. The fourth-order valence-corrected chi connectivity index (χ4v) is 2.48. The number of hydrogen-bond donors (Lipinski definition) is 0. The summed E-state index contributed by atoms with van der Waals surface area (Å²) in [5, 5.41) is 11.7. The molecule has 0 aliphatic carbocycles. The topological polar surface area (TPSA) is 87.9 Å². The number of hydrogen-bond acceptors (Lipinski definition) is 6. The molecule has 2 aromatic rings. The first-order chi connectivity index (χ1) is 12.4. The number of benzene rings is 2. The zero-order valence-electron chi connectivity index (χ0n) is 14.3. The fourth-order valence-electron chi connectivity index (χ4n) is 2.30. The van der Waals surface area contributed by atoms with E-state index in [-0.39, 0.29) is 22.6 Å². The monoisotopic (exact) mass is 377 g/mol. The molecule has 26 heavy (non-hydrogen) atoms. The molecule has 0 saturated heterocycles. The number of methoxy groups -OCH3 is 3. The summed E-state index contributed by atoms with van der Waals surface area (Å²) in [6.45, 7) is 0. The highest BCUT2D eigenvalue weighted by molar-refractivity contribution is 6.31. The maximum absolute atomic E-state index is 12.5. The molecule has 7 nitrogen and oxygen atoms in total. The van der Waals surface area contributed by atoms with Crippen molar-refractivity contribution in [2.45, 2.75) is 0 Å². The Kier molecular flexibility index (Phi) is 6.19. The lowest BCUT2D eigenvalue weighted by molar-refractivity contribution is -0.385. The van der Waals surface area contributed by atoms with E-state index < -0.39 is 10.7 Å². The summed E-state index contributed by atoms with van der Waals surface area (Å²) >= 11 is 5.92. The van der Waals surface area contributed by atoms with Gasteiger partial charge in [0.05, 0.1) is 43.4 Å². The molecule has 0 radical (unpaired) electrons. The van der Waals surface area contributed by atoms with Crippen molar-refractivity contribution in [3.05, 3.63) is 62.7 Å². The number of ketones is 1. The predicted octanol–water partition coefficient (Wildman–Crippen LogP) is 4.17. The molecule has 0 heterocycles. The number of nitrogens with zero attached hydrogens (tertiary/aromatic N) is 1. The van der Waals surface area contributed by atoms with Crippen molar-refractivity contribution in [3.8, 4) is 17.2 Å². The minimum absolute atomic E-state index is 0.196. The molecular formula is C18H16ClNO6. The number of ether oxygens (including phenoxy) is 3. The van der Waals surface area contributed by atoms with Crippen molar-refractivity contribution >= 4 is 29.1 Å². The lowest BCUT2D eigenvalue weighted by atomic mass is 10.1. The quantitative estimate of drug-likeness (QED) is 0.311. The molecule has 8 heteroatoms. The Morgan fingerprint density at radius 2 is 1.65 bits per heavy atom. The van der Waals surface area contributed by atoms with Gasteiger partial charge in [-0.15, -0.1) is 0 Å². The lowest BCUT2D eigenvalue weighted by Crippen LogP contribution is -2.00. The molecule has 0 unspecified atom stereocenters. The summed E-state index contributed by atoms with van der Waals surface area (Å²) in [7, 11) is 4.23. The second kappa shape index (κ2) is 8.35. The zero-order chi connectivity index (χ0) is 19.3. The third-order valence-corrected chi connectivity index (χ3v) is 3.81. The van der Waals surface area contributed by atoms with E-state index in [1.54, 1.807) is 12.1 Å². The van der Waals surface area contributed by atoms with Gasteiger partial charge in [-0.1, -0.05) is 11.6 Å². The van der Waals surface area contributed by atoms with Gasteiger partial charge < -0.3 is 14.2 Å². The number of nitro benzene ring substituents is 1. The van der Waals surface area contributed by atoms with E-state index in [2.05, 4.69) is 0 Å². The van der Waals surface area contributed by atoms with Crippen molar-refractivity contribution in [2.75, 3.05) is 21.3 Å². The Morgan fingerprint density at radius 1 is 1.04 bits per heavy atom. The molecule has 0 aliphatic heterocycles. The molecule has 0 aliphatic rings. The average Bonchev–Trinajstić information content (AvgIpc) is 2.64. The van der Waals surface area contributed by atoms with Gasteiger partial charge in [0, 0.05) is 5.02 Å². The van der Waals surface area contributed by atoms with Gasteiger partial charge in [-0.3, -0.25) is 14.9 Å². The summed E-state index contributed by atoms with van der Waals surface area (Å²) in [6, 6.07) is 7.30. The van der Waals surface area contributed by atoms with E-state index in [0.29, 0.717) is 16.5 Å².